The van der Waals surface area contributed by atoms with Crippen molar-refractivity contribution in [3.8, 4) is 0 Å². The third-order valence-electron chi connectivity index (χ3n) is 3.48. The molecule has 0 aliphatic rings. The first-order chi connectivity index (χ1) is 11.8. The molecule has 0 radical (unpaired) electrons. The van der Waals surface area contributed by atoms with Gasteiger partial charge in [-0.05, 0) is 19.1 Å². The highest BCUT2D eigenvalue weighted by Crippen LogP contribution is 2.10. The minimum absolute atomic E-state index is 0.169. The predicted octanol–water partition coefficient (Wildman–Crippen LogP) is 4.38. The number of furan rings is 1. The first-order valence-electron chi connectivity index (χ1n) is 7.57. The number of hydrogen-bond donors (Lipinski definition) is 0. The fourth-order valence-corrected chi connectivity index (χ4v) is 2.22. The zero-order chi connectivity index (χ0) is 16.8. The van der Waals surface area contributed by atoms with E-state index in [9.17, 15) is 4.79 Å². The SMILES string of the molecule is C/C(=N\N=C(\C(=O)c1ccccc1)c1ccccc1)c1ccco1. The van der Waals surface area contributed by atoms with Crippen LogP contribution >= 0.6 is 0 Å². The van der Waals surface area contributed by atoms with Gasteiger partial charge in [0.05, 0.1) is 6.26 Å². The lowest BCUT2D eigenvalue weighted by Gasteiger charge is -2.05. The molecule has 3 aromatic rings. The van der Waals surface area contributed by atoms with Crippen LogP contribution in [0.25, 0.3) is 0 Å². The minimum atomic E-state index is -0.169. The van der Waals surface area contributed by atoms with Crippen molar-refractivity contribution >= 4 is 17.2 Å². The number of hydrogen-bond acceptors (Lipinski definition) is 4. The van der Waals surface area contributed by atoms with Gasteiger partial charge in [0.2, 0.25) is 5.78 Å². The molecule has 3 rings (SSSR count). The number of rotatable bonds is 5. The lowest BCUT2D eigenvalue weighted by atomic mass is 10.0. The standard InChI is InChI=1S/C20H16N2O2/c1-15(18-13-8-14-24-18)21-22-19(16-9-4-2-5-10-16)20(23)17-11-6-3-7-12-17/h2-14H,1H3/b21-15+,22-19+. The van der Waals surface area contributed by atoms with E-state index >= 15 is 0 Å². The smallest absolute Gasteiger partial charge is 0.213 e. The summed E-state index contributed by atoms with van der Waals surface area (Å²) in [6.45, 7) is 1.79. The van der Waals surface area contributed by atoms with Crippen LogP contribution in [-0.2, 0) is 0 Å². The van der Waals surface area contributed by atoms with Gasteiger partial charge in [0, 0.05) is 11.1 Å². The van der Waals surface area contributed by atoms with Crippen LogP contribution < -0.4 is 0 Å². The summed E-state index contributed by atoms with van der Waals surface area (Å²) in [6, 6.07) is 22.0. The number of nitrogens with zero attached hydrogens (tertiary/aromatic N) is 2. The topological polar surface area (TPSA) is 54.9 Å². The van der Waals surface area contributed by atoms with Gasteiger partial charge in [-0.25, -0.2) is 0 Å². The van der Waals surface area contributed by atoms with Gasteiger partial charge in [-0.1, -0.05) is 60.7 Å². The summed E-state index contributed by atoms with van der Waals surface area (Å²) in [7, 11) is 0. The monoisotopic (exact) mass is 316 g/mol. The second kappa shape index (κ2) is 7.33. The number of Topliss-reactive ketones (excluding diaryl/α,β-unsaturated/α-hetero) is 1. The molecule has 0 N–H and O–H groups in total. The fraction of sp³-hybridized carbons (Fsp3) is 0.0500. The summed E-state index contributed by atoms with van der Waals surface area (Å²) in [4.78, 5) is 12.8. The molecule has 0 saturated heterocycles. The van der Waals surface area contributed by atoms with E-state index in [0.29, 0.717) is 22.7 Å². The third kappa shape index (κ3) is 3.55. The Hall–Kier alpha value is -3.27. The number of carbonyl (C=O) groups excluding carboxylic acids is 1. The van der Waals surface area contributed by atoms with E-state index in [2.05, 4.69) is 10.2 Å². The Bertz CT molecular complexity index is 865. The molecule has 24 heavy (non-hydrogen) atoms. The molecule has 0 bridgehead atoms. The Balaban J connectivity index is 2.01. The van der Waals surface area contributed by atoms with Gasteiger partial charge in [0.15, 0.2) is 0 Å². The second-order valence-electron chi connectivity index (χ2n) is 5.17. The maximum Gasteiger partial charge on any atom is 0.213 e. The van der Waals surface area contributed by atoms with E-state index < -0.39 is 0 Å². The Kier molecular flexibility index (Phi) is 4.77. The molecule has 0 aliphatic carbocycles. The molecule has 118 valence electrons. The van der Waals surface area contributed by atoms with Crippen LogP contribution in [0.5, 0.6) is 0 Å². The van der Waals surface area contributed by atoms with Crippen LogP contribution in [0.15, 0.2) is 93.7 Å². The van der Waals surface area contributed by atoms with E-state index in [1.807, 2.05) is 48.5 Å². The molecular weight excluding hydrogens is 300 g/mol. The molecule has 0 atom stereocenters. The van der Waals surface area contributed by atoms with E-state index in [-0.39, 0.29) is 5.78 Å². The molecule has 0 spiro atoms. The lowest BCUT2D eigenvalue weighted by molar-refractivity contribution is 0.106. The van der Waals surface area contributed by atoms with Crippen molar-refractivity contribution in [1.82, 2.24) is 0 Å². The van der Waals surface area contributed by atoms with Crippen molar-refractivity contribution in [3.63, 3.8) is 0 Å². The number of ketones is 1. The van der Waals surface area contributed by atoms with Crippen LogP contribution in [0.1, 0.15) is 28.6 Å². The summed E-state index contributed by atoms with van der Waals surface area (Å²) >= 11 is 0. The zero-order valence-corrected chi connectivity index (χ0v) is 13.2. The Morgan fingerprint density at radius 1 is 0.792 bits per heavy atom. The summed E-state index contributed by atoms with van der Waals surface area (Å²) < 4.78 is 5.29. The molecule has 0 unspecified atom stereocenters. The number of benzene rings is 2. The van der Waals surface area contributed by atoms with Crippen LogP contribution in [0, 0.1) is 0 Å². The highest BCUT2D eigenvalue weighted by Gasteiger charge is 2.16. The average molecular weight is 316 g/mol. The van der Waals surface area contributed by atoms with Crippen molar-refractivity contribution in [1.29, 1.82) is 0 Å². The van der Waals surface area contributed by atoms with Crippen molar-refractivity contribution in [2.75, 3.05) is 0 Å². The van der Waals surface area contributed by atoms with E-state index in [4.69, 9.17) is 4.42 Å². The summed E-state index contributed by atoms with van der Waals surface area (Å²) in [6.07, 6.45) is 1.57. The summed E-state index contributed by atoms with van der Waals surface area (Å²) in [5.74, 6) is 0.455. The van der Waals surface area contributed by atoms with Crippen molar-refractivity contribution < 1.29 is 9.21 Å². The molecule has 0 aliphatic heterocycles. The Labute approximate surface area is 140 Å². The highest BCUT2D eigenvalue weighted by molar-refractivity contribution is 6.51. The first kappa shape index (κ1) is 15.6. The minimum Gasteiger partial charge on any atom is -0.463 e. The van der Waals surface area contributed by atoms with Gasteiger partial charge in [-0.15, -0.1) is 5.10 Å². The van der Waals surface area contributed by atoms with Crippen LogP contribution in [-0.4, -0.2) is 17.2 Å². The molecule has 0 amide bonds. The summed E-state index contributed by atoms with van der Waals surface area (Å²) in [5.41, 5.74) is 2.20. The molecular formula is C20H16N2O2. The maximum absolute atomic E-state index is 12.8. The van der Waals surface area contributed by atoms with Gasteiger partial charge in [0.25, 0.3) is 0 Å². The van der Waals surface area contributed by atoms with E-state index in [0.717, 1.165) is 5.56 Å². The molecule has 1 heterocycles. The molecule has 0 saturated carbocycles. The van der Waals surface area contributed by atoms with Gasteiger partial charge in [0.1, 0.15) is 17.2 Å². The van der Waals surface area contributed by atoms with Gasteiger partial charge in [-0.3, -0.25) is 4.79 Å². The Morgan fingerprint density at radius 2 is 1.42 bits per heavy atom. The quantitative estimate of drug-likeness (QED) is 0.398. The van der Waals surface area contributed by atoms with E-state index in [1.165, 1.54) is 0 Å². The third-order valence-corrected chi connectivity index (χ3v) is 3.48. The van der Waals surface area contributed by atoms with Crippen molar-refractivity contribution in [2.45, 2.75) is 6.92 Å². The lowest BCUT2D eigenvalue weighted by Crippen LogP contribution is -2.15. The normalized spacial score (nSPS) is 12.2. The largest absolute Gasteiger partial charge is 0.463 e. The van der Waals surface area contributed by atoms with Crippen LogP contribution in [0.2, 0.25) is 0 Å². The average Bonchev–Trinajstić information content (AvgIpc) is 3.18. The van der Waals surface area contributed by atoms with Crippen LogP contribution in [0.4, 0.5) is 0 Å². The summed E-state index contributed by atoms with van der Waals surface area (Å²) in [5, 5.41) is 8.40. The molecule has 4 nitrogen and oxygen atoms in total. The predicted molar refractivity (Wildman–Crippen MR) is 94.7 cm³/mol. The molecule has 1 aromatic heterocycles. The maximum atomic E-state index is 12.8. The van der Waals surface area contributed by atoms with Crippen LogP contribution in [0.3, 0.4) is 0 Å². The number of carbonyl (C=O) groups is 1. The van der Waals surface area contributed by atoms with E-state index in [1.54, 1.807) is 37.5 Å². The Morgan fingerprint density at radius 3 is 2.00 bits per heavy atom. The zero-order valence-electron chi connectivity index (χ0n) is 13.2. The van der Waals surface area contributed by atoms with Gasteiger partial charge in [-0.2, -0.15) is 5.10 Å². The first-order valence-corrected chi connectivity index (χ1v) is 7.57. The second-order valence-corrected chi connectivity index (χ2v) is 5.17. The van der Waals surface area contributed by atoms with Gasteiger partial charge >= 0.3 is 0 Å². The van der Waals surface area contributed by atoms with Gasteiger partial charge < -0.3 is 4.42 Å². The fourth-order valence-electron chi connectivity index (χ4n) is 2.22. The van der Waals surface area contributed by atoms with Crippen molar-refractivity contribution in [3.05, 3.63) is 95.9 Å². The molecule has 2 aromatic carbocycles. The van der Waals surface area contributed by atoms with Crippen molar-refractivity contribution in [2.24, 2.45) is 10.2 Å². The molecule has 0 fully saturated rings. The highest BCUT2D eigenvalue weighted by atomic mass is 16.3. The molecule has 4 heteroatoms.